The molecule has 0 bridgehead atoms. The van der Waals surface area contributed by atoms with Gasteiger partial charge in [-0.1, -0.05) is 6.58 Å². The Balaban J connectivity index is 1.22. The zero-order valence-electron chi connectivity index (χ0n) is 27.8. The molecule has 15 heteroatoms. The smallest absolute Gasteiger partial charge is 0.247 e. The fraction of sp³-hybridized carbons (Fsp3) is 0.455. The van der Waals surface area contributed by atoms with E-state index in [0.717, 1.165) is 51.3 Å². The highest BCUT2D eigenvalue weighted by Gasteiger charge is 2.34. The Labute approximate surface area is 280 Å². The number of nitrogens with zero attached hydrogens (tertiary/aromatic N) is 5. The van der Waals surface area contributed by atoms with Gasteiger partial charge < -0.3 is 44.4 Å². The average Bonchev–Trinajstić information content (AvgIpc) is 3.06. The maximum atomic E-state index is 13.3. The van der Waals surface area contributed by atoms with E-state index >= 15 is 0 Å². The van der Waals surface area contributed by atoms with Gasteiger partial charge in [-0.15, -0.1) is 0 Å². The highest BCUT2D eigenvalue weighted by atomic mass is 31.2. The average molecular weight is 679 g/mol. The van der Waals surface area contributed by atoms with Gasteiger partial charge in [0.05, 0.1) is 41.8 Å². The van der Waals surface area contributed by atoms with Gasteiger partial charge >= 0.3 is 0 Å². The minimum Gasteiger partial charge on any atom is -0.494 e. The van der Waals surface area contributed by atoms with Gasteiger partial charge in [0.25, 0.3) is 0 Å². The maximum absolute atomic E-state index is 13.3. The molecule has 2 fully saturated rings. The minimum absolute atomic E-state index is 0.230. The SMILES string of the molecule is C=CC(=O)Nc1cc(Nc2ncnc(Nc3ccc4c(c3P(C)(C)=O)OCCO4)n2)c(OC)cc1N1CCC(N2CC(COC)C2)CC1. The molecule has 3 aliphatic heterocycles. The van der Waals surface area contributed by atoms with Crippen molar-refractivity contribution in [3.63, 3.8) is 0 Å². The fourth-order valence-corrected chi connectivity index (χ4v) is 7.87. The van der Waals surface area contributed by atoms with Crippen molar-refractivity contribution in [3.05, 3.63) is 43.2 Å². The third-order valence-corrected chi connectivity index (χ3v) is 10.3. The molecule has 4 heterocycles. The zero-order chi connectivity index (χ0) is 33.8. The van der Waals surface area contributed by atoms with Gasteiger partial charge in [-0.3, -0.25) is 9.69 Å². The van der Waals surface area contributed by atoms with E-state index in [1.54, 1.807) is 39.7 Å². The van der Waals surface area contributed by atoms with Crippen LogP contribution in [0.15, 0.2) is 43.2 Å². The first-order chi connectivity index (χ1) is 23.2. The van der Waals surface area contributed by atoms with E-state index in [4.69, 9.17) is 18.9 Å². The van der Waals surface area contributed by atoms with Crippen molar-refractivity contribution in [1.29, 1.82) is 0 Å². The number of rotatable bonds is 12. The second kappa shape index (κ2) is 14.4. The van der Waals surface area contributed by atoms with E-state index in [1.165, 1.54) is 12.4 Å². The molecule has 3 aliphatic rings. The van der Waals surface area contributed by atoms with Crippen molar-refractivity contribution in [1.82, 2.24) is 19.9 Å². The molecule has 256 valence electrons. The molecular formula is C33H43N8O6P. The molecule has 14 nitrogen and oxygen atoms in total. The summed E-state index contributed by atoms with van der Waals surface area (Å²) >= 11 is 0. The molecule has 48 heavy (non-hydrogen) atoms. The van der Waals surface area contributed by atoms with Crippen molar-refractivity contribution >= 4 is 53.0 Å². The van der Waals surface area contributed by atoms with Crippen LogP contribution >= 0.6 is 7.14 Å². The normalized spacial score (nSPS) is 17.0. The molecule has 0 atom stereocenters. The first kappa shape index (κ1) is 33.5. The molecule has 0 saturated carbocycles. The molecule has 0 aliphatic carbocycles. The number of hydrogen-bond acceptors (Lipinski definition) is 13. The highest BCUT2D eigenvalue weighted by molar-refractivity contribution is 7.70. The van der Waals surface area contributed by atoms with Crippen LogP contribution in [-0.4, -0.2) is 105 Å². The number of methoxy groups -OCH3 is 2. The van der Waals surface area contributed by atoms with Gasteiger partial charge in [0.15, 0.2) is 11.5 Å². The van der Waals surface area contributed by atoms with Gasteiger partial charge in [0, 0.05) is 51.3 Å². The lowest BCUT2D eigenvalue weighted by molar-refractivity contribution is -0.111. The Kier molecular flexibility index (Phi) is 10.0. The van der Waals surface area contributed by atoms with Crippen LogP contribution in [0.2, 0.25) is 0 Å². The number of aromatic nitrogens is 3. The number of carbonyl (C=O) groups is 1. The van der Waals surface area contributed by atoms with Crippen molar-refractivity contribution in [3.8, 4) is 17.2 Å². The quantitative estimate of drug-likeness (QED) is 0.187. The van der Waals surface area contributed by atoms with Gasteiger partial charge in [-0.2, -0.15) is 4.98 Å². The number of anilines is 6. The Morgan fingerprint density at radius 3 is 2.42 bits per heavy atom. The number of amides is 1. The Bertz CT molecular complexity index is 1700. The van der Waals surface area contributed by atoms with E-state index in [9.17, 15) is 9.36 Å². The molecule has 3 N–H and O–H groups in total. The van der Waals surface area contributed by atoms with Crippen molar-refractivity contribution in [2.45, 2.75) is 18.9 Å². The van der Waals surface area contributed by atoms with Gasteiger partial charge in [0.1, 0.15) is 32.4 Å². The lowest BCUT2D eigenvalue weighted by Gasteiger charge is -2.47. The van der Waals surface area contributed by atoms with Crippen LogP contribution in [0.3, 0.4) is 0 Å². The molecule has 0 radical (unpaired) electrons. The summed E-state index contributed by atoms with van der Waals surface area (Å²) in [5.74, 6) is 2.33. The van der Waals surface area contributed by atoms with E-state index < -0.39 is 7.14 Å². The summed E-state index contributed by atoms with van der Waals surface area (Å²) in [5, 5.41) is 9.90. The lowest BCUT2D eigenvalue weighted by Crippen LogP contribution is -2.56. The second-order valence-corrected chi connectivity index (χ2v) is 15.6. The summed E-state index contributed by atoms with van der Waals surface area (Å²) in [6, 6.07) is 7.82. The molecule has 0 spiro atoms. The van der Waals surface area contributed by atoms with E-state index in [1.807, 2.05) is 12.1 Å². The third kappa shape index (κ3) is 7.35. The molecule has 1 aromatic heterocycles. The third-order valence-electron chi connectivity index (χ3n) is 8.76. The number of nitrogens with one attached hydrogen (secondary N) is 3. The first-order valence-electron chi connectivity index (χ1n) is 16.0. The van der Waals surface area contributed by atoms with Crippen molar-refractivity contribution in [2.75, 3.05) is 94.4 Å². The number of likely N-dealkylation sites (tertiary alicyclic amines) is 1. The van der Waals surface area contributed by atoms with E-state index in [2.05, 4.69) is 47.3 Å². The van der Waals surface area contributed by atoms with Crippen LogP contribution in [0, 0.1) is 5.92 Å². The van der Waals surface area contributed by atoms with Crippen LogP contribution in [0.5, 0.6) is 17.2 Å². The molecule has 1 amide bonds. The summed E-state index contributed by atoms with van der Waals surface area (Å²) in [5.41, 5.74) is 2.57. The summed E-state index contributed by atoms with van der Waals surface area (Å²) in [6.45, 7) is 12.4. The van der Waals surface area contributed by atoms with Gasteiger partial charge in [-0.05, 0) is 50.4 Å². The van der Waals surface area contributed by atoms with E-state index in [0.29, 0.717) is 64.8 Å². The summed E-state index contributed by atoms with van der Waals surface area (Å²) in [7, 11) is 0.549. The number of benzene rings is 2. The van der Waals surface area contributed by atoms with Crippen molar-refractivity contribution in [2.24, 2.45) is 5.92 Å². The number of piperidine rings is 1. The molecule has 3 aromatic rings. The molecule has 2 aromatic carbocycles. The van der Waals surface area contributed by atoms with Crippen LogP contribution in [0.25, 0.3) is 0 Å². The number of fused-ring (bicyclic) bond motifs is 1. The zero-order valence-corrected chi connectivity index (χ0v) is 28.7. The standard InChI is InChI=1S/C33H43N8O6P/c1-6-29(42)36-24-15-25(28(45-3)16-26(24)40-11-9-22(10-12-40)41-17-21(18-41)19-44-2)38-33-35-20-34-32(39-33)37-23-7-8-27-30(47-14-13-46-27)31(23)48(4,5)43/h6-8,15-16,20-22H,1,9-14,17-19H2,2-5H3,(H,36,42)(H2,34,35,37,38,39). The van der Waals surface area contributed by atoms with Crippen LogP contribution in [-0.2, 0) is 14.1 Å². The van der Waals surface area contributed by atoms with Crippen LogP contribution in [0.4, 0.5) is 34.6 Å². The van der Waals surface area contributed by atoms with Gasteiger partial charge in [-0.25, -0.2) is 9.97 Å². The minimum atomic E-state index is -2.80. The fourth-order valence-electron chi connectivity index (χ4n) is 6.50. The summed E-state index contributed by atoms with van der Waals surface area (Å²) in [4.78, 5) is 30.5. The Morgan fingerprint density at radius 1 is 1.04 bits per heavy atom. The Morgan fingerprint density at radius 2 is 1.75 bits per heavy atom. The molecular weight excluding hydrogens is 635 g/mol. The van der Waals surface area contributed by atoms with Crippen molar-refractivity contribution < 1.29 is 28.3 Å². The number of carbonyl (C=O) groups excluding carboxylic acids is 1. The summed E-state index contributed by atoms with van der Waals surface area (Å²) < 4.78 is 36.0. The maximum Gasteiger partial charge on any atom is 0.247 e. The van der Waals surface area contributed by atoms with Crippen LogP contribution < -0.4 is 40.4 Å². The Hall–Kier alpha value is -4.39. The topological polar surface area (TPSA) is 152 Å². The van der Waals surface area contributed by atoms with Gasteiger partial charge in [0.2, 0.25) is 17.8 Å². The molecule has 2 saturated heterocycles. The second-order valence-electron chi connectivity index (χ2n) is 12.5. The summed E-state index contributed by atoms with van der Waals surface area (Å²) in [6.07, 6.45) is 4.66. The number of hydrogen-bond donors (Lipinski definition) is 3. The van der Waals surface area contributed by atoms with Crippen LogP contribution in [0.1, 0.15) is 12.8 Å². The number of ether oxygens (including phenoxy) is 4. The highest BCUT2D eigenvalue weighted by Crippen LogP contribution is 2.46. The van der Waals surface area contributed by atoms with E-state index in [-0.39, 0.29) is 17.8 Å². The largest absolute Gasteiger partial charge is 0.494 e. The lowest BCUT2D eigenvalue weighted by atomic mass is 9.93. The first-order valence-corrected chi connectivity index (χ1v) is 18.6. The molecule has 6 rings (SSSR count). The monoisotopic (exact) mass is 678 g/mol. The molecule has 0 unspecified atom stereocenters. The predicted octanol–water partition coefficient (Wildman–Crippen LogP) is 4.06. The predicted molar refractivity (Wildman–Crippen MR) is 187 cm³/mol.